The zero-order valence-corrected chi connectivity index (χ0v) is 13.2. The highest BCUT2D eigenvalue weighted by Crippen LogP contribution is 2.48. The van der Waals surface area contributed by atoms with Gasteiger partial charge in [0.2, 0.25) is 0 Å². The molecule has 116 valence electrons. The molecular weight excluding hydrogens is 290 g/mol. The van der Waals surface area contributed by atoms with Gasteiger partial charge in [0.25, 0.3) is 0 Å². The highest BCUT2D eigenvalue weighted by molar-refractivity contribution is 6.32. The minimum atomic E-state index is 0.292. The number of anilines is 1. The largest absolute Gasteiger partial charge is 0.495 e. The van der Waals surface area contributed by atoms with Crippen molar-refractivity contribution in [2.75, 3.05) is 32.7 Å². The molecular formula is C15H22ClN3O2. The summed E-state index contributed by atoms with van der Waals surface area (Å²) in [4.78, 5) is 4.43. The molecule has 0 aliphatic heterocycles. The van der Waals surface area contributed by atoms with Crippen molar-refractivity contribution in [1.29, 1.82) is 0 Å². The molecule has 0 radical (unpaired) electrons. The van der Waals surface area contributed by atoms with Crippen LogP contribution in [0.15, 0.2) is 23.2 Å². The van der Waals surface area contributed by atoms with Crippen LogP contribution in [0, 0.1) is 5.41 Å². The van der Waals surface area contributed by atoms with Crippen LogP contribution in [0.3, 0.4) is 0 Å². The van der Waals surface area contributed by atoms with Gasteiger partial charge in [0.15, 0.2) is 5.96 Å². The van der Waals surface area contributed by atoms with Gasteiger partial charge in [0, 0.05) is 25.9 Å². The van der Waals surface area contributed by atoms with Crippen molar-refractivity contribution in [2.45, 2.75) is 19.3 Å². The molecule has 1 fully saturated rings. The molecule has 21 heavy (non-hydrogen) atoms. The molecule has 3 N–H and O–H groups in total. The highest BCUT2D eigenvalue weighted by Gasteiger charge is 2.41. The third-order valence-electron chi connectivity index (χ3n) is 3.80. The lowest BCUT2D eigenvalue weighted by Gasteiger charge is -2.13. The second kappa shape index (κ2) is 7.00. The van der Waals surface area contributed by atoms with Gasteiger partial charge in [0.05, 0.1) is 12.1 Å². The smallest absolute Gasteiger partial charge is 0.193 e. The summed E-state index contributed by atoms with van der Waals surface area (Å²) in [5.74, 6) is 1.04. The number of nitrogens with zero attached hydrogens (tertiary/aromatic N) is 1. The van der Waals surface area contributed by atoms with E-state index in [9.17, 15) is 0 Å². The van der Waals surface area contributed by atoms with E-state index in [1.54, 1.807) is 26.4 Å². The molecule has 0 saturated heterocycles. The van der Waals surface area contributed by atoms with Gasteiger partial charge in [-0.05, 0) is 42.9 Å². The molecule has 0 bridgehead atoms. The summed E-state index contributed by atoms with van der Waals surface area (Å²) in [6.45, 7) is 1.51. The predicted molar refractivity (Wildman–Crippen MR) is 86.3 cm³/mol. The first-order valence-electron chi connectivity index (χ1n) is 6.98. The lowest BCUT2D eigenvalue weighted by atomic mass is 10.0. The van der Waals surface area contributed by atoms with Crippen LogP contribution < -0.4 is 15.8 Å². The zero-order valence-electron chi connectivity index (χ0n) is 12.5. The monoisotopic (exact) mass is 311 g/mol. The molecule has 0 atom stereocenters. The average Bonchev–Trinajstić information content (AvgIpc) is 3.24. The van der Waals surface area contributed by atoms with Gasteiger partial charge in [-0.25, -0.2) is 0 Å². The molecule has 0 spiro atoms. The van der Waals surface area contributed by atoms with E-state index in [-0.39, 0.29) is 0 Å². The van der Waals surface area contributed by atoms with Crippen LogP contribution >= 0.6 is 11.6 Å². The zero-order chi connectivity index (χ0) is 15.3. The summed E-state index contributed by atoms with van der Waals surface area (Å²) in [5, 5.41) is 3.58. The van der Waals surface area contributed by atoms with Gasteiger partial charge in [-0.3, -0.25) is 4.99 Å². The number of hydrogen-bond donors (Lipinski definition) is 2. The standard InChI is InChI=1S/C15H22ClN3O2/c1-20-8-7-15(5-6-15)10-18-14(17)19-11-3-4-13(21-2)12(16)9-11/h3-4,9H,5-8,10H2,1-2H3,(H3,17,18,19). The van der Waals surface area contributed by atoms with E-state index in [2.05, 4.69) is 10.3 Å². The average molecular weight is 312 g/mol. The Morgan fingerprint density at radius 2 is 2.19 bits per heavy atom. The van der Waals surface area contributed by atoms with Crippen LogP contribution in [0.25, 0.3) is 0 Å². The maximum atomic E-state index is 6.07. The maximum Gasteiger partial charge on any atom is 0.193 e. The Hall–Kier alpha value is -1.46. The molecule has 0 aromatic heterocycles. The Labute approximate surface area is 130 Å². The van der Waals surface area contributed by atoms with Crippen LogP contribution in [-0.4, -0.2) is 33.3 Å². The molecule has 1 aliphatic rings. The van der Waals surface area contributed by atoms with Crippen molar-refractivity contribution in [3.8, 4) is 5.75 Å². The third kappa shape index (κ3) is 4.51. The Balaban J connectivity index is 1.90. The minimum absolute atomic E-state index is 0.292. The SMILES string of the molecule is COCCC1(CN=C(N)Nc2ccc(OC)c(Cl)c2)CC1. The number of rotatable bonds is 7. The van der Waals surface area contributed by atoms with E-state index in [4.69, 9.17) is 26.8 Å². The molecule has 1 aromatic rings. The lowest BCUT2D eigenvalue weighted by molar-refractivity contribution is 0.174. The van der Waals surface area contributed by atoms with Gasteiger partial charge in [-0.15, -0.1) is 0 Å². The Bertz CT molecular complexity index is 516. The second-order valence-electron chi connectivity index (χ2n) is 5.42. The molecule has 0 heterocycles. The highest BCUT2D eigenvalue weighted by atomic mass is 35.5. The summed E-state index contributed by atoms with van der Waals surface area (Å²) in [6, 6.07) is 5.41. The lowest BCUT2D eigenvalue weighted by Crippen LogP contribution is -2.24. The number of halogens is 1. The number of aliphatic imine (C=N–C) groups is 1. The summed E-state index contributed by atoms with van der Waals surface area (Å²) < 4.78 is 10.2. The van der Waals surface area contributed by atoms with Crippen LogP contribution in [0.5, 0.6) is 5.75 Å². The fourth-order valence-electron chi connectivity index (χ4n) is 2.17. The van der Waals surface area contributed by atoms with Gasteiger partial charge >= 0.3 is 0 Å². The quantitative estimate of drug-likeness (QED) is 0.600. The van der Waals surface area contributed by atoms with E-state index < -0.39 is 0 Å². The van der Waals surface area contributed by atoms with Crippen molar-refractivity contribution in [2.24, 2.45) is 16.1 Å². The third-order valence-corrected chi connectivity index (χ3v) is 4.10. The number of methoxy groups -OCH3 is 2. The van der Waals surface area contributed by atoms with Crippen LogP contribution in [0.1, 0.15) is 19.3 Å². The number of guanidine groups is 1. The number of nitrogens with two attached hydrogens (primary N) is 1. The van der Waals surface area contributed by atoms with E-state index >= 15 is 0 Å². The van der Waals surface area contributed by atoms with E-state index in [0.29, 0.717) is 22.1 Å². The molecule has 1 aliphatic carbocycles. The van der Waals surface area contributed by atoms with Crippen molar-refractivity contribution in [1.82, 2.24) is 0 Å². The van der Waals surface area contributed by atoms with Gasteiger partial charge < -0.3 is 20.5 Å². The first kappa shape index (κ1) is 15.9. The topological polar surface area (TPSA) is 68.9 Å². The molecule has 1 saturated carbocycles. The first-order chi connectivity index (χ1) is 10.1. The second-order valence-corrected chi connectivity index (χ2v) is 5.83. The van der Waals surface area contributed by atoms with Crippen LogP contribution in [0.4, 0.5) is 5.69 Å². The van der Waals surface area contributed by atoms with Crippen LogP contribution in [-0.2, 0) is 4.74 Å². The van der Waals surface area contributed by atoms with Crippen molar-refractivity contribution in [3.05, 3.63) is 23.2 Å². The van der Waals surface area contributed by atoms with E-state index in [1.807, 2.05) is 6.07 Å². The fraction of sp³-hybridized carbons (Fsp3) is 0.533. The maximum absolute atomic E-state index is 6.07. The predicted octanol–water partition coefficient (Wildman–Crippen LogP) is 2.89. The molecule has 0 amide bonds. The first-order valence-corrected chi connectivity index (χ1v) is 7.36. The van der Waals surface area contributed by atoms with Gasteiger partial charge in [0.1, 0.15) is 5.75 Å². The molecule has 2 rings (SSSR count). The van der Waals surface area contributed by atoms with Crippen molar-refractivity contribution in [3.63, 3.8) is 0 Å². The van der Waals surface area contributed by atoms with E-state index in [1.165, 1.54) is 12.8 Å². The Morgan fingerprint density at radius 1 is 1.43 bits per heavy atom. The van der Waals surface area contributed by atoms with E-state index in [0.717, 1.165) is 25.3 Å². The van der Waals surface area contributed by atoms with Crippen molar-refractivity contribution >= 4 is 23.2 Å². The summed E-state index contributed by atoms with van der Waals surface area (Å²) in [7, 11) is 3.31. The Morgan fingerprint density at radius 3 is 2.76 bits per heavy atom. The summed E-state index contributed by atoms with van der Waals surface area (Å²) >= 11 is 6.07. The number of hydrogen-bond acceptors (Lipinski definition) is 3. The number of nitrogens with one attached hydrogen (secondary N) is 1. The van der Waals surface area contributed by atoms with Crippen LogP contribution in [0.2, 0.25) is 5.02 Å². The summed E-state index contributed by atoms with van der Waals surface area (Å²) in [6.07, 6.45) is 3.43. The number of ether oxygens (including phenoxy) is 2. The molecule has 0 unspecified atom stereocenters. The fourth-order valence-corrected chi connectivity index (χ4v) is 2.42. The molecule has 6 heteroatoms. The molecule has 1 aromatic carbocycles. The number of benzene rings is 1. The molecule has 5 nitrogen and oxygen atoms in total. The summed E-state index contributed by atoms with van der Waals surface area (Å²) in [5.41, 5.74) is 7.01. The Kier molecular flexibility index (Phi) is 5.31. The van der Waals surface area contributed by atoms with Gasteiger partial charge in [-0.1, -0.05) is 11.6 Å². The normalized spacial score (nSPS) is 16.6. The minimum Gasteiger partial charge on any atom is -0.495 e. The van der Waals surface area contributed by atoms with Crippen molar-refractivity contribution < 1.29 is 9.47 Å². The van der Waals surface area contributed by atoms with Gasteiger partial charge in [-0.2, -0.15) is 0 Å².